The van der Waals surface area contributed by atoms with Crippen molar-refractivity contribution >= 4 is 5.52 Å². The van der Waals surface area contributed by atoms with Gasteiger partial charge in [0.05, 0.1) is 11.7 Å². The molecule has 1 unspecified atom stereocenters. The van der Waals surface area contributed by atoms with Gasteiger partial charge < -0.3 is 5.32 Å². The number of nitrogens with zero attached hydrogens (tertiary/aromatic N) is 2. The molecule has 0 spiro atoms. The van der Waals surface area contributed by atoms with E-state index in [0.717, 1.165) is 11.1 Å². The molecule has 0 fully saturated rings. The lowest BCUT2D eigenvalue weighted by Crippen LogP contribution is -2.19. The molecule has 2 heterocycles. The summed E-state index contributed by atoms with van der Waals surface area (Å²) < 4.78 is 15.5. The Balaban J connectivity index is 1.75. The van der Waals surface area contributed by atoms with Crippen molar-refractivity contribution in [1.29, 1.82) is 0 Å². The standard InChI is InChI=1S/C16H16FN3/c1-12(14-6-2-3-7-15(14)17)18-10-13-11-19-20-9-5-4-8-16(13)20/h2-9,11-12,18H,10H2,1H3. The van der Waals surface area contributed by atoms with Crippen LogP contribution in [0.2, 0.25) is 0 Å². The predicted molar refractivity (Wildman–Crippen MR) is 76.8 cm³/mol. The number of hydrogen-bond donors (Lipinski definition) is 1. The third-order valence-electron chi connectivity index (χ3n) is 3.48. The number of fused-ring (bicyclic) bond motifs is 1. The molecule has 20 heavy (non-hydrogen) atoms. The summed E-state index contributed by atoms with van der Waals surface area (Å²) in [6, 6.07) is 12.8. The molecule has 1 N–H and O–H groups in total. The monoisotopic (exact) mass is 269 g/mol. The average Bonchev–Trinajstić information content (AvgIpc) is 2.88. The molecule has 0 aliphatic heterocycles. The molecule has 3 nitrogen and oxygen atoms in total. The molecular weight excluding hydrogens is 253 g/mol. The van der Waals surface area contributed by atoms with Crippen LogP contribution in [0.15, 0.2) is 54.9 Å². The molecular formula is C16H16FN3. The second kappa shape index (κ2) is 5.43. The summed E-state index contributed by atoms with van der Waals surface area (Å²) in [4.78, 5) is 0. The Kier molecular flexibility index (Phi) is 3.48. The Labute approximate surface area is 117 Å². The highest BCUT2D eigenvalue weighted by molar-refractivity contribution is 5.53. The van der Waals surface area contributed by atoms with Crippen molar-refractivity contribution in [3.05, 3.63) is 71.8 Å². The van der Waals surface area contributed by atoms with Crippen LogP contribution in [0.4, 0.5) is 4.39 Å². The molecule has 1 aromatic carbocycles. The highest BCUT2D eigenvalue weighted by atomic mass is 19.1. The van der Waals surface area contributed by atoms with Crippen LogP contribution in [0, 0.1) is 5.82 Å². The maximum absolute atomic E-state index is 13.7. The SMILES string of the molecule is CC(NCc1cnn2ccccc12)c1ccccc1F. The highest BCUT2D eigenvalue weighted by Gasteiger charge is 2.10. The summed E-state index contributed by atoms with van der Waals surface area (Å²) in [7, 11) is 0. The van der Waals surface area contributed by atoms with Gasteiger partial charge in [0, 0.05) is 29.9 Å². The third-order valence-corrected chi connectivity index (χ3v) is 3.48. The molecule has 4 heteroatoms. The minimum Gasteiger partial charge on any atom is -0.306 e. The van der Waals surface area contributed by atoms with Crippen LogP contribution < -0.4 is 5.32 Å². The number of halogens is 1. The van der Waals surface area contributed by atoms with Gasteiger partial charge in [0.15, 0.2) is 0 Å². The van der Waals surface area contributed by atoms with E-state index < -0.39 is 0 Å². The molecule has 1 atom stereocenters. The van der Waals surface area contributed by atoms with Gasteiger partial charge >= 0.3 is 0 Å². The topological polar surface area (TPSA) is 29.3 Å². The van der Waals surface area contributed by atoms with E-state index in [1.165, 1.54) is 6.07 Å². The van der Waals surface area contributed by atoms with Crippen LogP contribution in [0.3, 0.4) is 0 Å². The van der Waals surface area contributed by atoms with Crippen LogP contribution >= 0.6 is 0 Å². The van der Waals surface area contributed by atoms with E-state index >= 15 is 0 Å². The summed E-state index contributed by atoms with van der Waals surface area (Å²) in [6.45, 7) is 2.62. The van der Waals surface area contributed by atoms with Gasteiger partial charge in [0.25, 0.3) is 0 Å². The van der Waals surface area contributed by atoms with E-state index in [0.29, 0.717) is 12.1 Å². The first-order valence-corrected chi connectivity index (χ1v) is 6.65. The summed E-state index contributed by atoms with van der Waals surface area (Å²) in [5, 5.41) is 7.63. The molecule has 0 bridgehead atoms. The largest absolute Gasteiger partial charge is 0.306 e. The number of aromatic nitrogens is 2. The van der Waals surface area contributed by atoms with Crippen LogP contribution in [0.5, 0.6) is 0 Å². The molecule has 0 saturated heterocycles. The zero-order chi connectivity index (χ0) is 13.9. The Morgan fingerprint density at radius 2 is 2.00 bits per heavy atom. The Morgan fingerprint density at radius 1 is 1.20 bits per heavy atom. The number of benzene rings is 1. The van der Waals surface area contributed by atoms with Crippen LogP contribution in [0.1, 0.15) is 24.1 Å². The fourth-order valence-corrected chi connectivity index (χ4v) is 2.32. The minimum atomic E-state index is -0.174. The lowest BCUT2D eigenvalue weighted by atomic mass is 10.1. The fourth-order valence-electron chi connectivity index (χ4n) is 2.32. The van der Waals surface area contributed by atoms with Gasteiger partial charge in [0.2, 0.25) is 0 Å². The molecule has 3 rings (SSSR count). The summed E-state index contributed by atoms with van der Waals surface area (Å²) in [5.41, 5.74) is 2.86. The highest BCUT2D eigenvalue weighted by Crippen LogP contribution is 2.17. The van der Waals surface area contributed by atoms with Crippen molar-refractivity contribution < 1.29 is 4.39 Å². The Bertz CT molecular complexity index is 720. The van der Waals surface area contributed by atoms with Gasteiger partial charge in [-0.2, -0.15) is 5.10 Å². The van der Waals surface area contributed by atoms with Crippen LogP contribution in [-0.4, -0.2) is 9.61 Å². The van der Waals surface area contributed by atoms with Gasteiger partial charge in [-0.05, 0) is 25.1 Å². The first-order valence-electron chi connectivity index (χ1n) is 6.65. The van der Waals surface area contributed by atoms with E-state index in [1.807, 2.05) is 54.2 Å². The number of nitrogens with one attached hydrogen (secondary N) is 1. The van der Waals surface area contributed by atoms with E-state index in [2.05, 4.69) is 10.4 Å². The summed E-state index contributed by atoms with van der Waals surface area (Å²) in [6.07, 6.45) is 3.76. The van der Waals surface area contributed by atoms with E-state index in [-0.39, 0.29) is 11.9 Å². The lowest BCUT2D eigenvalue weighted by Gasteiger charge is -2.14. The van der Waals surface area contributed by atoms with Gasteiger partial charge in [-0.1, -0.05) is 24.3 Å². The van der Waals surface area contributed by atoms with Gasteiger partial charge in [-0.3, -0.25) is 0 Å². The molecule has 0 radical (unpaired) electrons. The third kappa shape index (κ3) is 2.42. The first kappa shape index (κ1) is 12.8. The van der Waals surface area contributed by atoms with Crippen molar-refractivity contribution in [3.8, 4) is 0 Å². The molecule has 2 aromatic heterocycles. The zero-order valence-electron chi connectivity index (χ0n) is 11.3. The van der Waals surface area contributed by atoms with Gasteiger partial charge in [-0.15, -0.1) is 0 Å². The average molecular weight is 269 g/mol. The van der Waals surface area contributed by atoms with Crippen molar-refractivity contribution in [3.63, 3.8) is 0 Å². The van der Waals surface area contributed by atoms with Gasteiger partial charge in [-0.25, -0.2) is 8.91 Å². The smallest absolute Gasteiger partial charge is 0.127 e. The maximum atomic E-state index is 13.7. The zero-order valence-corrected chi connectivity index (χ0v) is 11.3. The quantitative estimate of drug-likeness (QED) is 0.787. The molecule has 0 aliphatic rings. The second-order valence-corrected chi connectivity index (χ2v) is 4.82. The Hall–Kier alpha value is -2.20. The van der Waals surface area contributed by atoms with Crippen molar-refractivity contribution in [1.82, 2.24) is 14.9 Å². The molecule has 0 amide bonds. The molecule has 0 saturated carbocycles. The Morgan fingerprint density at radius 3 is 2.85 bits per heavy atom. The first-order chi connectivity index (χ1) is 9.75. The normalized spacial score (nSPS) is 12.7. The van der Waals surface area contributed by atoms with Gasteiger partial charge in [0.1, 0.15) is 5.82 Å². The number of pyridine rings is 1. The fraction of sp³-hybridized carbons (Fsp3) is 0.188. The number of hydrogen-bond acceptors (Lipinski definition) is 2. The van der Waals surface area contributed by atoms with E-state index in [4.69, 9.17) is 0 Å². The summed E-state index contributed by atoms with van der Waals surface area (Å²) >= 11 is 0. The van der Waals surface area contributed by atoms with Crippen molar-refractivity contribution in [2.75, 3.05) is 0 Å². The lowest BCUT2D eigenvalue weighted by molar-refractivity contribution is 0.529. The van der Waals surface area contributed by atoms with E-state index in [1.54, 1.807) is 6.07 Å². The predicted octanol–water partition coefficient (Wildman–Crippen LogP) is 3.32. The van der Waals surface area contributed by atoms with E-state index in [9.17, 15) is 4.39 Å². The molecule has 102 valence electrons. The molecule has 3 aromatic rings. The molecule has 0 aliphatic carbocycles. The van der Waals surface area contributed by atoms with Crippen molar-refractivity contribution in [2.24, 2.45) is 0 Å². The van der Waals surface area contributed by atoms with Crippen molar-refractivity contribution in [2.45, 2.75) is 19.5 Å². The maximum Gasteiger partial charge on any atom is 0.127 e. The number of rotatable bonds is 4. The van der Waals surface area contributed by atoms with Crippen LogP contribution in [-0.2, 0) is 6.54 Å². The van der Waals surface area contributed by atoms with Crippen LogP contribution in [0.25, 0.3) is 5.52 Å². The minimum absolute atomic E-state index is 0.0464. The second-order valence-electron chi connectivity index (χ2n) is 4.82. The summed E-state index contributed by atoms with van der Waals surface area (Å²) in [5.74, 6) is -0.174.